The molecule has 0 amide bonds. The lowest BCUT2D eigenvalue weighted by Crippen LogP contribution is -2.39. The molecule has 1 heterocycles. The molecule has 2 atom stereocenters. The molecule has 1 rings (SSSR count). The van der Waals surface area contributed by atoms with Gasteiger partial charge < -0.3 is 10.5 Å². The van der Waals surface area contributed by atoms with E-state index in [-0.39, 0.29) is 0 Å². The van der Waals surface area contributed by atoms with E-state index in [0.717, 1.165) is 19.6 Å². The Bertz CT molecular complexity index is 211. The van der Waals surface area contributed by atoms with Crippen molar-refractivity contribution in [1.29, 1.82) is 0 Å². The summed E-state index contributed by atoms with van der Waals surface area (Å²) in [4.78, 5) is 2.53. The van der Waals surface area contributed by atoms with Crippen molar-refractivity contribution in [3.63, 3.8) is 0 Å². The summed E-state index contributed by atoms with van der Waals surface area (Å²) >= 11 is 0. The zero-order chi connectivity index (χ0) is 13.9. The third-order valence-electron chi connectivity index (χ3n) is 4.44. The van der Waals surface area contributed by atoms with Crippen molar-refractivity contribution in [3.05, 3.63) is 0 Å². The van der Waals surface area contributed by atoms with Crippen LogP contribution in [-0.4, -0.2) is 43.8 Å². The minimum absolute atomic E-state index is 0.433. The second-order valence-corrected chi connectivity index (χ2v) is 5.94. The van der Waals surface area contributed by atoms with Crippen molar-refractivity contribution >= 4 is 0 Å². The van der Waals surface area contributed by atoms with Crippen molar-refractivity contribution in [2.24, 2.45) is 5.73 Å². The number of nitrogens with zero attached hydrogens (tertiary/aromatic N) is 1. The second kappa shape index (κ2) is 10.6. The quantitative estimate of drug-likeness (QED) is 0.586. The lowest BCUT2D eigenvalue weighted by Gasteiger charge is -2.26. The Labute approximate surface area is 119 Å². The van der Waals surface area contributed by atoms with Crippen molar-refractivity contribution in [2.75, 3.05) is 26.7 Å². The van der Waals surface area contributed by atoms with E-state index >= 15 is 0 Å². The number of rotatable bonds is 11. The van der Waals surface area contributed by atoms with Crippen LogP contribution in [0.5, 0.6) is 0 Å². The molecule has 0 spiro atoms. The highest BCUT2D eigenvalue weighted by molar-refractivity contribution is 4.82. The summed E-state index contributed by atoms with van der Waals surface area (Å²) in [7, 11) is 1.82. The van der Waals surface area contributed by atoms with Gasteiger partial charge in [0, 0.05) is 32.8 Å². The molecule has 1 aliphatic rings. The number of hydrogen-bond acceptors (Lipinski definition) is 3. The van der Waals surface area contributed by atoms with E-state index in [0.29, 0.717) is 12.1 Å². The highest BCUT2D eigenvalue weighted by Gasteiger charge is 2.26. The normalized spacial score (nSPS) is 21.9. The molecule has 0 aliphatic carbocycles. The third-order valence-corrected chi connectivity index (χ3v) is 4.44. The smallest absolute Gasteiger partial charge is 0.0710 e. The summed E-state index contributed by atoms with van der Waals surface area (Å²) in [5, 5.41) is 0. The second-order valence-electron chi connectivity index (χ2n) is 5.94. The van der Waals surface area contributed by atoms with Gasteiger partial charge in [-0.25, -0.2) is 0 Å². The molecular formula is C16H34N2O. The van der Waals surface area contributed by atoms with Crippen molar-refractivity contribution in [2.45, 2.75) is 76.9 Å². The molecule has 3 heteroatoms. The van der Waals surface area contributed by atoms with Crippen LogP contribution in [-0.2, 0) is 4.74 Å². The lowest BCUT2D eigenvalue weighted by atomic mass is 10.0. The van der Waals surface area contributed by atoms with Gasteiger partial charge in [0.05, 0.1) is 6.10 Å². The van der Waals surface area contributed by atoms with Crippen LogP contribution in [0.15, 0.2) is 0 Å². The Kier molecular flexibility index (Phi) is 9.48. The number of hydrogen-bond donors (Lipinski definition) is 1. The van der Waals surface area contributed by atoms with E-state index in [2.05, 4.69) is 11.8 Å². The SMILES string of the molecule is CCCCCCCCCC(CN)N1CCC(OC)C1. The molecule has 114 valence electrons. The summed E-state index contributed by atoms with van der Waals surface area (Å²) in [6.07, 6.45) is 12.5. The van der Waals surface area contributed by atoms with Crippen molar-refractivity contribution in [1.82, 2.24) is 4.90 Å². The molecular weight excluding hydrogens is 236 g/mol. The van der Waals surface area contributed by atoms with Crippen molar-refractivity contribution in [3.8, 4) is 0 Å². The molecule has 1 aliphatic heterocycles. The largest absolute Gasteiger partial charge is 0.380 e. The molecule has 0 bridgehead atoms. The Hall–Kier alpha value is -0.120. The van der Waals surface area contributed by atoms with E-state index in [9.17, 15) is 0 Å². The predicted octanol–water partition coefficient (Wildman–Crippen LogP) is 3.18. The fraction of sp³-hybridized carbons (Fsp3) is 1.00. The summed E-state index contributed by atoms with van der Waals surface area (Å²) in [6.45, 7) is 5.31. The average Bonchev–Trinajstić information content (AvgIpc) is 2.91. The maximum atomic E-state index is 5.94. The molecule has 2 N–H and O–H groups in total. The van der Waals surface area contributed by atoms with E-state index < -0.39 is 0 Å². The molecule has 0 aromatic carbocycles. The third kappa shape index (κ3) is 6.73. The van der Waals surface area contributed by atoms with E-state index in [1.165, 1.54) is 57.8 Å². The average molecular weight is 270 g/mol. The molecule has 0 aromatic rings. The predicted molar refractivity (Wildman–Crippen MR) is 82.4 cm³/mol. The van der Waals surface area contributed by atoms with Gasteiger partial charge in [0.15, 0.2) is 0 Å². The van der Waals surface area contributed by atoms with Gasteiger partial charge in [0.1, 0.15) is 0 Å². The van der Waals surface area contributed by atoms with Crippen LogP contribution >= 0.6 is 0 Å². The van der Waals surface area contributed by atoms with Crippen LogP contribution in [0.25, 0.3) is 0 Å². The minimum atomic E-state index is 0.433. The van der Waals surface area contributed by atoms with Gasteiger partial charge >= 0.3 is 0 Å². The number of unbranched alkanes of at least 4 members (excludes halogenated alkanes) is 6. The van der Waals surface area contributed by atoms with Gasteiger partial charge in [0.25, 0.3) is 0 Å². The zero-order valence-corrected chi connectivity index (χ0v) is 13.1. The first-order chi connectivity index (χ1) is 9.31. The summed E-state index contributed by atoms with van der Waals surface area (Å²) < 4.78 is 5.43. The van der Waals surface area contributed by atoms with Gasteiger partial charge in [0.2, 0.25) is 0 Å². The Morgan fingerprint density at radius 2 is 1.84 bits per heavy atom. The fourth-order valence-corrected chi connectivity index (χ4v) is 3.06. The van der Waals surface area contributed by atoms with E-state index in [4.69, 9.17) is 10.5 Å². The molecule has 0 saturated carbocycles. The van der Waals surface area contributed by atoms with Crippen molar-refractivity contribution < 1.29 is 4.74 Å². The first-order valence-corrected chi connectivity index (χ1v) is 8.28. The van der Waals surface area contributed by atoms with Gasteiger partial charge in [-0.3, -0.25) is 4.90 Å². The Morgan fingerprint density at radius 3 is 2.42 bits per heavy atom. The standard InChI is InChI=1S/C16H34N2O/c1-3-4-5-6-7-8-9-10-15(13-17)18-12-11-16(14-18)19-2/h15-16H,3-14,17H2,1-2H3. The van der Waals surface area contributed by atoms with Crippen LogP contribution in [0, 0.1) is 0 Å². The van der Waals surface area contributed by atoms with Gasteiger partial charge in [-0.15, -0.1) is 0 Å². The molecule has 0 radical (unpaired) electrons. The number of ether oxygens (including phenoxy) is 1. The first kappa shape index (κ1) is 16.9. The molecule has 1 fully saturated rings. The maximum Gasteiger partial charge on any atom is 0.0710 e. The van der Waals surface area contributed by atoms with Gasteiger partial charge in [-0.2, -0.15) is 0 Å². The van der Waals surface area contributed by atoms with Crippen LogP contribution in [0.2, 0.25) is 0 Å². The van der Waals surface area contributed by atoms with E-state index in [1.54, 1.807) is 0 Å². The Morgan fingerprint density at radius 1 is 1.16 bits per heavy atom. The summed E-state index contributed by atoms with van der Waals surface area (Å²) in [5.74, 6) is 0. The number of methoxy groups -OCH3 is 1. The maximum absolute atomic E-state index is 5.94. The lowest BCUT2D eigenvalue weighted by molar-refractivity contribution is 0.100. The molecule has 0 aromatic heterocycles. The minimum Gasteiger partial charge on any atom is -0.380 e. The summed E-state index contributed by atoms with van der Waals surface area (Å²) in [5.41, 5.74) is 5.94. The van der Waals surface area contributed by atoms with Gasteiger partial charge in [-0.1, -0.05) is 51.9 Å². The molecule has 1 saturated heterocycles. The highest BCUT2D eigenvalue weighted by atomic mass is 16.5. The zero-order valence-electron chi connectivity index (χ0n) is 13.1. The van der Waals surface area contributed by atoms with Crippen LogP contribution < -0.4 is 5.73 Å². The highest BCUT2D eigenvalue weighted by Crippen LogP contribution is 2.18. The molecule has 19 heavy (non-hydrogen) atoms. The Balaban J connectivity index is 2.05. The molecule has 2 unspecified atom stereocenters. The summed E-state index contributed by atoms with van der Waals surface area (Å²) in [6, 6.07) is 0.579. The van der Waals surface area contributed by atoms with Gasteiger partial charge in [-0.05, 0) is 12.8 Å². The van der Waals surface area contributed by atoms with Crippen LogP contribution in [0.1, 0.15) is 64.7 Å². The first-order valence-electron chi connectivity index (χ1n) is 8.28. The fourth-order valence-electron chi connectivity index (χ4n) is 3.06. The van der Waals surface area contributed by atoms with Crippen LogP contribution in [0.4, 0.5) is 0 Å². The topological polar surface area (TPSA) is 38.5 Å². The van der Waals surface area contributed by atoms with Crippen LogP contribution in [0.3, 0.4) is 0 Å². The number of nitrogens with two attached hydrogens (primary N) is 1. The van der Waals surface area contributed by atoms with E-state index in [1.807, 2.05) is 7.11 Å². The monoisotopic (exact) mass is 270 g/mol. The number of likely N-dealkylation sites (tertiary alicyclic amines) is 1. The molecule has 3 nitrogen and oxygen atoms in total.